The first-order valence-corrected chi connectivity index (χ1v) is 8.83. The average Bonchev–Trinajstić information content (AvgIpc) is 2.98. The largest absolute Gasteiger partial charge is 0.382 e. The zero-order valence-corrected chi connectivity index (χ0v) is 14.5. The highest BCUT2D eigenvalue weighted by Crippen LogP contribution is 2.42. The maximum Gasteiger partial charge on any atom is 0.0381 e. The number of nitrogens with one attached hydrogen (secondary N) is 2. The van der Waals surface area contributed by atoms with Gasteiger partial charge in [0.1, 0.15) is 0 Å². The Morgan fingerprint density at radius 2 is 1.13 bits per heavy atom. The Hall–Kier alpha value is -1.96. The van der Waals surface area contributed by atoms with Gasteiger partial charge < -0.3 is 10.6 Å². The molecule has 2 aromatic rings. The number of hydrogen-bond acceptors (Lipinski definition) is 2. The van der Waals surface area contributed by atoms with Gasteiger partial charge in [0, 0.05) is 35.3 Å². The van der Waals surface area contributed by atoms with Crippen molar-refractivity contribution < 1.29 is 0 Å². The molecule has 0 radical (unpaired) electrons. The standard InChI is InChI=1S/C21H26N2/c1-12-14(3)22-18-9-5-7-16(20(12)18)11-17-8-6-10-19-21(17)13(2)15(4)23-19/h5-10,12-15,22-23H,11H2,1-4H3/t12-,13+,14+,15-. The van der Waals surface area contributed by atoms with Gasteiger partial charge in [-0.25, -0.2) is 0 Å². The minimum Gasteiger partial charge on any atom is -0.382 e. The fourth-order valence-electron chi connectivity index (χ4n) is 4.31. The lowest BCUT2D eigenvalue weighted by Crippen LogP contribution is -2.13. The summed E-state index contributed by atoms with van der Waals surface area (Å²) in [5.74, 6) is 1.15. The summed E-state index contributed by atoms with van der Waals surface area (Å²) in [7, 11) is 0. The summed E-state index contributed by atoms with van der Waals surface area (Å²) < 4.78 is 0. The van der Waals surface area contributed by atoms with Crippen molar-refractivity contribution in [2.24, 2.45) is 0 Å². The van der Waals surface area contributed by atoms with Crippen molar-refractivity contribution in [2.45, 2.75) is 58.0 Å². The van der Waals surface area contributed by atoms with E-state index in [2.05, 4.69) is 74.7 Å². The molecule has 0 aliphatic carbocycles. The minimum absolute atomic E-state index is 0.522. The van der Waals surface area contributed by atoms with Crippen LogP contribution in [0, 0.1) is 0 Å². The van der Waals surface area contributed by atoms with Gasteiger partial charge >= 0.3 is 0 Å². The number of fused-ring (bicyclic) bond motifs is 2. The van der Waals surface area contributed by atoms with Gasteiger partial charge in [-0.2, -0.15) is 0 Å². The summed E-state index contributed by atoms with van der Waals surface area (Å²) in [6.45, 7) is 9.24. The first-order valence-electron chi connectivity index (χ1n) is 8.83. The van der Waals surface area contributed by atoms with E-state index in [4.69, 9.17) is 0 Å². The molecular weight excluding hydrogens is 280 g/mol. The normalized spacial score (nSPS) is 28.0. The van der Waals surface area contributed by atoms with Crippen molar-refractivity contribution >= 4 is 11.4 Å². The maximum absolute atomic E-state index is 3.63. The Labute approximate surface area is 139 Å². The van der Waals surface area contributed by atoms with E-state index in [1.165, 1.54) is 33.6 Å². The van der Waals surface area contributed by atoms with Crippen molar-refractivity contribution in [3.05, 3.63) is 58.7 Å². The molecule has 120 valence electrons. The van der Waals surface area contributed by atoms with Crippen LogP contribution < -0.4 is 10.6 Å². The first kappa shape index (κ1) is 14.6. The third-order valence-electron chi connectivity index (χ3n) is 5.95. The van der Waals surface area contributed by atoms with Gasteiger partial charge in [-0.05, 0) is 54.7 Å². The molecule has 0 amide bonds. The second kappa shape index (κ2) is 5.30. The molecule has 2 N–H and O–H groups in total. The smallest absolute Gasteiger partial charge is 0.0381 e. The Morgan fingerprint density at radius 1 is 0.696 bits per heavy atom. The zero-order valence-electron chi connectivity index (χ0n) is 14.5. The van der Waals surface area contributed by atoms with Gasteiger partial charge in [0.15, 0.2) is 0 Å². The van der Waals surface area contributed by atoms with E-state index in [1.807, 2.05) is 0 Å². The molecule has 0 bridgehead atoms. The average molecular weight is 306 g/mol. The van der Waals surface area contributed by atoms with E-state index < -0.39 is 0 Å². The molecule has 4 atom stereocenters. The molecule has 2 heteroatoms. The van der Waals surface area contributed by atoms with Crippen LogP contribution in [0.3, 0.4) is 0 Å². The van der Waals surface area contributed by atoms with Gasteiger partial charge in [0.05, 0.1) is 0 Å². The van der Waals surface area contributed by atoms with Crippen LogP contribution in [0.5, 0.6) is 0 Å². The van der Waals surface area contributed by atoms with Crippen LogP contribution >= 0.6 is 0 Å². The molecule has 23 heavy (non-hydrogen) atoms. The van der Waals surface area contributed by atoms with E-state index in [0.29, 0.717) is 23.9 Å². The molecule has 4 rings (SSSR count). The summed E-state index contributed by atoms with van der Waals surface area (Å²) >= 11 is 0. The fourth-order valence-corrected chi connectivity index (χ4v) is 4.31. The van der Waals surface area contributed by atoms with Gasteiger partial charge in [-0.15, -0.1) is 0 Å². The molecular formula is C21H26N2. The lowest BCUT2D eigenvalue weighted by atomic mass is 9.86. The highest BCUT2D eigenvalue weighted by atomic mass is 15.0. The molecule has 2 aliphatic heterocycles. The lowest BCUT2D eigenvalue weighted by Gasteiger charge is -2.16. The van der Waals surface area contributed by atoms with E-state index in [-0.39, 0.29) is 0 Å². The van der Waals surface area contributed by atoms with Crippen LogP contribution in [0.1, 0.15) is 61.8 Å². The maximum atomic E-state index is 3.63. The van der Waals surface area contributed by atoms with Crippen LogP contribution in [0.2, 0.25) is 0 Å². The Bertz CT molecular complexity index is 686. The fraction of sp³-hybridized carbons (Fsp3) is 0.429. The SMILES string of the molecule is C[C@@H]1Nc2cccc(Cc3cccc4c3[C@@H](C)[C@@H](C)N4)c2[C@@H]1C. The number of rotatable bonds is 2. The number of benzene rings is 2. The van der Waals surface area contributed by atoms with Crippen molar-refractivity contribution in [3.8, 4) is 0 Å². The predicted molar refractivity (Wildman–Crippen MR) is 98.7 cm³/mol. The first-order chi connectivity index (χ1) is 11.1. The quantitative estimate of drug-likeness (QED) is 0.805. The molecule has 2 nitrogen and oxygen atoms in total. The van der Waals surface area contributed by atoms with Crippen molar-refractivity contribution in [1.29, 1.82) is 0 Å². The molecule has 0 aromatic heterocycles. The minimum atomic E-state index is 0.522. The summed E-state index contributed by atoms with van der Waals surface area (Å²) in [6, 6.07) is 14.5. The van der Waals surface area contributed by atoms with E-state index >= 15 is 0 Å². The number of anilines is 2. The molecule has 0 saturated carbocycles. The highest BCUT2D eigenvalue weighted by molar-refractivity contribution is 5.65. The van der Waals surface area contributed by atoms with Crippen LogP contribution in [0.25, 0.3) is 0 Å². The molecule has 0 fully saturated rings. The van der Waals surface area contributed by atoms with Crippen LogP contribution in [0.4, 0.5) is 11.4 Å². The van der Waals surface area contributed by atoms with Crippen molar-refractivity contribution in [3.63, 3.8) is 0 Å². The highest BCUT2D eigenvalue weighted by Gasteiger charge is 2.30. The Kier molecular flexibility index (Phi) is 3.37. The van der Waals surface area contributed by atoms with Crippen LogP contribution in [0.15, 0.2) is 36.4 Å². The van der Waals surface area contributed by atoms with Gasteiger partial charge in [-0.1, -0.05) is 38.1 Å². The van der Waals surface area contributed by atoms with Gasteiger partial charge in [-0.3, -0.25) is 0 Å². The Morgan fingerprint density at radius 3 is 1.57 bits per heavy atom. The van der Waals surface area contributed by atoms with Gasteiger partial charge in [0.25, 0.3) is 0 Å². The zero-order chi connectivity index (χ0) is 16.1. The third-order valence-corrected chi connectivity index (χ3v) is 5.95. The summed E-state index contributed by atoms with van der Waals surface area (Å²) in [5, 5.41) is 7.26. The topological polar surface area (TPSA) is 24.1 Å². The third kappa shape index (κ3) is 2.23. The summed E-state index contributed by atoms with van der Waals surface area (Å²) in [6.07, 6.45) is 1.03. The van der Waals surface area contributed by atoms with E-state index in [0.717, 1.165) is 6.42 Å². The van der Waals surface area contributed by atoms with Crippen LogP contribution in [-0.4, -0.2) is 12.1 Å². The van der Waals surface area contributed by atoms with E-state index in [1.54, 1.807) is 0 Å². The molecule has 2 aliphatic rings. The molecule has 0 spiro atoms. The Balaban J connectivity index is 1.75. The molecule has 2 aromatic carbocycles. The predicted octanol–water partition coefficient (Wildman–Crippen LogP) is 5.11. The lowest BCUT2D eigenvalue weighted by molar-refractivity contribution is 0.680. The monoisotopic (exact) mass is 306 g/mol. The molecule has 0 unspecified atom stereocenters. The number of hydrogen-bond donors (Lipinski definition) is 2. The second-order valence-corrected chi connectivity index (χ2v) is 7.38. The molecule has 2 heterocycles. The van der Waals surface area contributed by atoms with Crippen molar-refractivity contribution in [1.82, 2.24) is 0 Å². The second-order valence-electron chi connectivity index (χ2n) is 7.38. The van der Waals surface area contributed by atoms with Gasteiger partial charge in [0.2, 0.25) is 0 Å². The summed E-state index contributed by atoms with van der Waals surface area (Å²) in [4.78, 5) is 0. The molecule has 0 saturated heterocycles. The van der Waals surface area contributed by atoms with Crippen molar-refractivity contribution in [2.75, 3.05) is 10.6 Å². The van der Waals surface area contributed by atoms with Crippen LogP contribution in [-0.2, 0) is 6.42 Å². The van der Waals surface area contributed by atoms with E-state index in [9.17, 15) is 0 Å². The summed E-state index contributed by atoms with van der Waals surface area (Å²) in [5.41, 5.74) is 8.65.